The highest BCUT2D eigenvalue weighted by Gasteiger charge is 1.95. The molecule has 60 valence electrons. The van der Waals surface area contributed by atoms with Crippen molar-refractivity contribution in [2.75, 3.05) is 11.6 Å². The van der Waals surface area contributed by atoms with Crippen molar-refractivity contribution in [2.45, 2.75) is 5.67 Å². The van der Waals surface area contributed by atoms with Crippen molar-refractivity contribution in [3.05, 3.63) is 30.3 Å². The first-order chi connectivity index (χ1) is 5.34. The van der Waals surface area contributed by atoms with E-state index >= 15 is 0 Å². The summed E-state index contributed by atoms with van der Waals surface area (Å²) in [7, 11) is 3.61. The Morgan fingerprint density at radius 3 is 2.55 bits per heavy atom. The maximum absolute atomic E-state index is 2.44. The molecule has 0 saturated carbocycles. The molecule has 0 aliphatic carbocycles. The van der Waals surface area contributed by atoms with E-state index in [2.05, 4.69) is 41.9 Å². The molecule has 1 aromatic rings. The van der Waals surface area contributed by atoms with Crippen LogP contribution in [-0.2, 0) is 0 Å². The molecule has 0 bridgehead atoms. The van der Waals surface area contributed by atoms with Crippen LogP contribution in [0.25, 0.3) is 0 Å². The summed E-state index contributed by atoms with van der Waals surface area (Å²) in [5.41, 5.74) is 2.86. The largest absolute Gasteiger partial charge is 0.406 e. The fourth-order valence-corrected chi connectivity index (χ4v) is 4.30. The molecule has 0 aromatic heterocycles. The van der Waals surface area contributed by atoms with Crippen molar-refractivity contribution in [1.82, 2.24) is 0 Å². The maximum Gasteiger partial charge on any atom is 0.120 e. The van der Waals surface area contributed by atoms with Crippen LogP contribution in [0.2, 0.25) is 5.67 Å². The summed E-state index contributed by atoms with van der Waals surface area (Å²) in [4.78, 5) is 0. The van der Waals surface area contributed by atoms with Gasteiger partial charge in [-0.25, -0.2) is 0 Å². The average Bonchev–Trinajstić information content (AvgIpc) is 2.07. The molecular weight excluding hydrogens is 166 g/mol. The van der Waals surface area contributed by atoms with E-state index in [0.29, 0.717) is 0 Å². The highest BCUT2D eigenvalue weighted by Crippen LogP contribution is 2.09. The van der Waals surface area contributed by atoms with E-state index in [1.807, 2.05) is 0 Å². The molecule has 1 aromatic carbocycles. The molecule has 0 unspecified atom stereocenters. The van der Waals surface area contributed by atoms with Gasteiger partial charge in [0.1, 0.15) is 9.68 Å². The minimum atomic E-state index is 0.0429. The zero-order valence-electron chi connectivity index (χ0n) is 7.25. The number of benzene rings is 1. The van der Waals surface area contributed by atoms with Gasteiger partial charge in [0.25, 0.3) is 0 Å². The van der Waals surface area contributed by atoms with E-state index in [1.54, 1.807) is 0 Å². The quantitative estimate of drug-likeness (QED) is 0.591. The third-order valence-corrected chi connectivity index (χ3v) is 4.58. The first-order valence-corrected chi connectivity index (χ1v) is 7.15. The van der Waals surface area contributed by atoms with Gasteiger partial charge in [0, 0.05) is 15.9 Å². The Bertz CT molecular complexity index is 201. The average molecular weight is 181 g/mol. The van der Waals surface area contributed by atoms with Crippen LogP contribution in [0, 0.1) is 0 Å². The number of para-hydroxylation sites is 1. The lowest BCUT2D eigenvalue weighted by Crippen LogP contribution is -2.21. The Balaban J connectivity index is 2.61. The van der Waals surface area contributed by atoms with Gasteiger partial charge in [-0.3, -0.25) is 0 Å². The SMILES string of the molecule is CN([SiH2]C[SiH3])c1ccccc1. The van der Waals surface area contributed by atoms with E-state index in [4.69, 9.17) is 0 Å². The zero-order chi connectivity index (χ0) is 8.10. The standard InChI is InChI=1S/C8H15NSi2/c1-9(11-7-10)8-5-3-2-4-6-8/h2-6H,7,11H2,1,10H3. The van der Waals surface area contributed by atoms with Gasteiger partial charge in [-0.15, -0.1) is 0 Å². The first-order valence-electron chi connectivity index (χ1n) is 4.10. The normalized spacial score (nSPS) is 11.0. The summed E-state index contributed by atoms with van der Waals surface area (Å²) < 4.78 is 2.44. The summed E-state index contributed by atoms with van der Waals surface area (Å²) in [5, 5.41) is 0. The summed E-state index contributed by atoms with van der Waals surface area (Å²) >= 11 is 0. The van der Waals surface area contributed by atoms with Crippen LogP contribution in [0.3, 0.4) is 0 Å². The third kappa shape index (κ3) is 2.51. The van der Waals surface area contributed by atoms with Crippen molar-refractivity contribution >= 4 is 25.6 Å². The molecule has 0 aliphatic heterocycles. The molecule has 0 atom stereocenters. The van der Waals surface area contributed by atoms with Crippen LogP contribution in [0.15, 0.2) is 30.3 Å². The fraction of sp³-hybridized carbons (Fsp3) is 0.250. The topological polar surface area (TPSA) is 3.24 Å². The predicted molar refractivity (Wildman–Crippen MR) is 58.1 cm³/mol. The Morgan fingerprint density at radius 2 is 2.00 bits per heavy atom. The van der Waals surface area contributed by atoms with E-state index in [0.717, 1.165) is 0 Å². The lowest BCUT2D eigenvalue weighted by molar-refractivity contribution is 1.32. The van der Waals surface area contributed by atoms with Gasteiger partial charge in [-0.05, 0) is 19.2 Å². The second-order valence-electron chi connectivity index (χ2n) is 2.76. The van der Waals surface area contributed by atoms with E-state index in [-0.39, 0.29) is 9.68 Å². The van der Waals surface area contributed by atoms with Gasteiger partial charge >= 0.3 is 0 Å². The maximum atomic E-state index is 2.44. The second kappa shape index (κ2) is 4.36. The third-order valence-electron chi connectivity index (χ3n) is 1.76. The Kier molecular flexibility index (Phi) is 3.39. The molecule has 0 heterocycles. The molecule has 0 amide bonds. The number of hydrogen-bond acceptors (Lipinski definition) is 1. The molecule has 0 radical (unpaired) electrons. The van der Waals surface area contributed by atoms with Gasteiger partial charge in [-0.1, -0.05) is 23.9 Å². The van der Waals surface area contributed by atoms with Crippen molar-refractivity contribution in [1.29, 1.82) is 0 Å². The highest BCUT2D eigenvalue weighted by atomic mass is 28.3. The molecule has 0 saturated heterocycles. The van der Waals surface area contributed by atoms with E-state index < -0.39 is 0 Å². The lowest BCUT2D eigenvalue weighted by atomic mass is 10.3. The van der Waals surface area contributed by atoms with Gasteiger partial charge in [-0.2, -0.15) is 0 Å². The summed E-state index contributed by atoms with van der Waals surface area (Å²) in [6, 6.07) is 10.6. The van der Waals surface area contributed by atoms with Gasteiger partial charge in [0.05, 0.1) is 0 Å². The van der Waals surface area contributed by atoms with Crippen LogP contribution in [0.5, 0.6) is 0 Å². The van der Waals surface area contributed by atoms with Gasteiger partial charge in [0.15, 0.2) is 0 Å². The van der Waals surface area contributed by atoms with Crippen molar-refractivity contribution < 1.29 is 0 Å². The molecule has 0 spiro atoms. The summed E-state index contributed by atoms with van der Waals surface area (Å²) in [5.74, 6) is 0. The predicted octanol–water partition coefficient (Wildman–Crippen LogP) is -0.0522. The highest BCUT2D eigenvalue weighted by molar-refractivity contribution is 6.50. The van der Waals surface area contributed by atoms with Crippen LogP contribution in [0.4, 0.5) is 5.69 Å². The molecule has 1 nitrogen and oxygen atoms in total. The van der Waals surface area contributed by atoms with E-state index in [1.165, 1.54) is 21.6 Å². The van der Waals surface area contributed by atoms with Crippen LogP contribution in [-0.4, -0.2) is 27.0 Å². The van der Waals surface area contributed by atoms with Crippen molar-refractivity contribution in [3.8, 4) is 0 Å². The molecular formula is C8H15NSi2. The number of rotatable bonds is 3. The van der Waals surface area contributed by atoms with Crippen LogP contribution in [0.1, 0.15) is 0 Å². The van der Waals surface area contributed by atoms with Gasteiger partial charge in [0.2, 0.25) is 0 Å². The second-order valence-corrected chi connectivity index (χ2v) is 8.15. The van der Waals surface area contributed by atoms with Crippen molar-refractivity contribution in [2.24, 2.45) is 0 Å². The minimum Gasteiger partial charge on any atom is -0.406 e. The molecule has 0 fully saturated rings. The van der Waals surface area contributed by atoms with Gasteiger partial charge < -0.3 is 4.57 Å². The number of hydrogen-bond donors (Lipinski definition) is 0. The van der Waals surface area contributed by atoms with E-state index in [9.17, 15) is 0 Å². The fourth-order valence-electron chi connectivity index (χ4n) is 1.15. The van der Waals surface area contributed by atoms with Crippen LogP contribution < -0.4 is 4.57 Å². The smallest absolute Gasteiger partial charge is 0.120 e. The lowest BCUT2D eigenvalue weighted by Gasteiger charge is -2.17. The Labute approximate surface area is 73.7 Å². The number of nitrogens with zero attached hydrogens (tertiary/aromatic N) is 1. The first kappa shape index (κ1) is 8.55. The Morgan fingerprint density at radius 1 is 1.36 bits per heavy atom. The monoisotopic (exact) mass is 181 g/mol. The minimum absolute atomic E-state index is 0.0429. The molecule has 1 rings (SSSR count). The molecule has 3 heteroatoms. The summed E-state index contributed by atoms with van der Waals surface area (Å²) in [6.45, 7) is 0. The zero-order valence-corrected chi connectivity index (χ0v) is 10.7. The molecule has 0 N–H and O–H groups in total. The number of anilines is 1. The van der Waals surface area contributed by atoms with Crippen LogP contribution >= 0.6 is 0 Å². The Hall–Kier alpha value is -0.546. The van der Waals surface area contributed by atoms with Crippen molar-refractivity contribution in [3.63, 3.8) is 0 Å². The molecule has 11 heavy (non-hydrogen) atoms. The molecule has 0 aliphatic rings. The summed E-state index contributed by atoms with van der Waals surface area (Å²) in [6.07, 6.45) is 0.